The molecule has 3 aliphatic rings. The largest absolute Gasteiger partial charge is 0.455 e. The van der Waals surface area contributed by atoms with Gasteiger partial charge in [0, 0.05) is 41.7 Å². The Morgan fingerprint density at radius 2 is 1.90 bits per heavy atom. The lowest BCUT2D eigenvalue weighted by Gasteiger charge is -2.37. The van der Waals surface area contributed by atoms with Crippen LogP contribution in [0, 0.1) is 11.8 Å². The molecule has 0 aromatic heterocycles. The van der Waals surface area contributed by atoms with Crippen LogP contribution in [0.3, 0.4) is 0 Å². The smallest absolute Gasteiger partial charge is 0.313 e. The van der Waals surface area contributed by atoms with Crippen molar-refractivity contribution in [2.45, 2.75) is 67.3 Å². The highest BCUT2D eigenvalue weighted by atomic mass is 79.9. The van der Waals surface area contributed by atoms with Gasteiger partial charge < -0.3 is 29.7 Å². The van der Waals surface area contributed by atoms with E-state index < -0.39 is 59.5 Å². The average Bonchev–Trinajstić information content (AvgIpc) is 3.67. The van der Waals surface area contributed by atoms with Gasteiger partial charge in [-0.15, -0.1) is 13.2 Å². The number of allylic oxidation sites excluding steroid dienone is 1. The summed E-state index contributed by atoms with van der Waals surface area (Å²) in [5.41, 5.74) is -0.0903. The molecule has 1 spiro atoms. The first-order valence-corrected chi connectivity index (χ1v) is 17.4. The third-order valence-corrected chi connectivity index (χ3v) is 10.5. The summed E-state index contributed by atoms with van der Waals surface area (Å²) in [6.07, 6.45) is 2.94. The van der Waals surface area contributed by atoms with Crippen molar-refractivity contribution in [3.05, 3.63) is 90.5 Å². The number of hydrogen-bond donors (Lipinski definition) is 2. The number of amides is 3. The van der Waals surface area contributed by atoms with Crippen LogP contribution in [0.15, 0.2) is 79.9 Å². The lowest BCUT2D eigenvalue weighted by Crippen LogP contribution is -2.57. The first-order chi connectivity index (χ1) is 23.1. The fraction of sp³-hybridized carbons (Fsp3) is 0.444. The minimum absolute atomic E-state index is 0.0930. The molecule has 256 valence electrons. The Balaban J connectivity index is 1.49. The molecule has 0 saturated carbocycles. The minimum atomic E-state index is -1.33. The molecule has 2 aromatic carbocycles. The molecule has 3 saturated heterocycles. The van der Waals surface area contributed by atoms with Gasteiger partial charge in [-0.05, 0) is 56.0 Å². The molecule has 3 aliphatic heterocycles. The van der Waals surface area contributed by atoms with Crippen LogP contribution in [-0.2, 0) is 28.7 Å². The first-order valence-electron chi connectivity index (χ1n) is 16.1. The lowest BCUT2D eigenvalue weighted by atomic mass is 9.70. The summed E-state index contributed by atoms with van der Waals surface area (Å²) in [6.45, 7) is 9.32. The molecule has 10 nitrogen and oxygen atoms in total. The van der Waals surface area contributed by atoms with Crippen molar-refractivity contribution >= 4 is 56.9 Å². The topological polar surface area (TPSA) is 125 Å². The molecule has 12 heteroatoms. The van der Waals surface area contributed by atoms with Crippen LogP contribution in [0.2, 0.25) is 5.02 Å². The maximum Gasteiger partial charge on any atom is 0.313 e. The fourth-order valence-corrected chi connectivity index (χ4v) is 8.39. The normalized spacial score (nSPS) is 26.8. The van der Waals surface area contributed by atoms with Gasteiger partial charge in [0.15, 0.2) is 0 Å². The van der Waals surface area contributed by atoms with Crippen LogP contribution in [0.1, 0.15) is 44.3 Å². The van der Waals surface area contributed by atoms with Gasteiger partial charge in [0.05, 0.1) is 24.0 Å². The summed E-state index contributed by atoms with van der Waals surface area (Å²) >= 11 is 9.83. The molecule has 8 atom stereocenters. The molecule has 2 aromatic rings. The number of ether oxygens (including phenoxy) is 2. The first kappa shape index (κ1) is 35.8. The average molecular weight is 743 g/mol. The van der Waals surface area contributed by atoms with Gasteiger partial charge in [-0.25, -0.2) is 0 Å². The van der Waals surface area contributed by atoms with Crippen LogP contribution in [0.5, 0.6) is 0 Å². The molecule has 0 radical (unpaired) electrons. The molecular weight excluding hydrogens is 702 g/mol. The number of aliphatic hydroxyl groups excluding tert-OH is 1. The van der Waals surface area contributed by atoms with Gasteiger partial charge in [-0.2, -0.15) is 0 Å². The van der Waals surface area contributed by atoms with Crippen LogP contribution < -0.4 is 10.2 Å². The number of alkyl halides is 1. The Bertz CT molecular complexity index is 1530. The van der Waals surface area contributed by atoms with E-state index >= 15 is 0 Å². The van der Waals surface area contributed by atoms with Crippen molar-refractivity contribution in [2.24, 2.45) is 11.8 Å². The van der Waals surface area contributed by atoms with Crippen LogP contribution in [0.25, 0.3) is 0 Å². The van der Waals surface area contributed by atoms with Gasteiger partial charge in [-0.1, -0.05) is 70.0 Å². The summed E-state index contributed by atoms with van der Waals surface area (Å²) in [5.74, 6) is -3.68. The summed E-state index contributed by atoms with van der Waals surface area (Å²) in [6, 6.07) is 14.2. The standard InChI is InChI=1S/C36H41BrClN3O7/c1-4-6-13-27(43)39-22(3)30(23-11-8-7-9-12-23)47-35(46)28-29-33(44)41(19-10-20-42)32(36(29)21-26(37)31(28)48-36)34(45)40(18-5-2)25-16-14-24(38)15-17-25/h4-5,7-9,11-12,14-17,22,26,28-32,42H,1-2,6,10,13,18-21H2,3H3,(H,39,43)/t22-,26?,28-,29+,30-,31-,32-,36+/m0/s1. The zero-order chi connectivity index (χ0) is 34.6. The predicted octanol–water partition coefficient (Wildman–Crippen LogP) is 4.74. The molecule has 5 rings (SSSR count). The highest BCUT2D eigenvalue weighted by molar-refractivity contribution is 9.09. The van der Waals surface area contributed by atoms with E-state index in [4.69, 9.17) is 21.1 Å². The highest BCUT2D eigenvalue weighted by Crippen LogP contribution is 2.60. The number of likely N-dealkylation sites (tertiary alicyclic amines) is 1. The molecule has 3 heterocycles. The number of carbonyl (C=O) groups is 4. The van der Waals surface area contributed by atoms with E-state index in [1.165, 1.54) is 9.80 Å². The number of nitrogens with zero attached hydrogens (tertiary/aromatic N) is 2. The number of esters is 1. The second-order valence-corrected chi connectivity index (χ2v) is 14.1. The Kier molecular flexibility index (Phi) is 11.5. The van der Waals surface area contributed by atoms with E-state index in [0.29, 0.717) is 29.1 Å². The van der Waals surface area contributed by atoms with Gasteiger partial charge in [0.1, 0.15) is 17.7 Å². The number of carbonyl (C=O) groups excluding carboxylic acids is 4. The quantitative estimate of drug-likeness (QED) is 0.154. The van der Waals surface area contributed by atoms with Gasteiger partial charge >= 0.3 is 5.97 Å². The molecule has 0 aliphatic carbocycles. The fourth-order valence-electron chi connectivity index (χ4n) is 7.32. The number of rotatable bonds is 15. The Hall–Kier alpha value is -3.51. The number of nitrogens with one attached hydrogen (secondary N) is 1. The number of fused-ring (bicyclic) bond motifs is 1. The van der Waals surface area contributed by atoms with E-state index in [-0.39, 0.29) is 43.3 Å². The Morgan fingerprint density at radius 1 is 1.19 bits per heavy atom. The minimum Gasteiger partial charge on any atom is -0.455 e. The lowest BCUT2D eigenvalue weighted by molar-refractivity contribution is -0.162. The van der Waals surface area contributed by atoms with Crippen molar-refractivity contribution in [1.82, 2.24) is 10.2 Å². The van der Waals surface area contributed by atoms with Crippen molar-refractivity contribution in [3.8, 4) is 0 Å². The highest BCUT2D eigenvalue weighted by Gasteiger charge is 2.77. The molecule has 2 N–H and O–H groups in total. The molecule has 3 fully saturated rings. The van der Waals surface area contributed by atoms with Gasteiger partial charge in [0.25, 0.3) is 5.91 Å². The number of anilines is 1. The summed E-state index contributed by atoms with van der Waals surface area (Å²) < 4.78 is 12.9. The summed E-state index contributed by atoms with van der Waals surface area (Å²) in [5, 5.41) is 13.1. The number of halogens is 2. The SMILES string of the molecule is C=CCCC(=O)N[C@@H](C)[C@H](OC(=O)[C@@H]1[C@H]2O[C@@]3(CC2Br)[C@H](C(=O)N(CC=C)c2ccc(Cl)cc2)N(CCCO)C(=O)[C@@H]13)c1ccccc1. The predicted molar refractivity (Wildman–Crippen MR) is 185 cm³/mol. The Labute approximate surface area is 294 Å². The van der Waals surface area contributed by atoms with Crippen molar-refractivity contribution in [2.75, 3.05) is 24.6 Å². The van der Waals surface area contributed by atoms with E-state index in [1.807, 2.05) is 30.3 Å². The van der Waals surface area contributed by atoms with Crippen LogP contribution in [0.4, 0.5) is 5.69 Å². The van der Waals surface area contributed by atoms with Gasteiger partial charge in [0.2, 0.25) is 11.8 Å². The van der Waals surface area contributed by atoms with E-state index in [1.54, 1.807) is 43.3 Å². The molecule has 3 amide bonds. The van der Waals surface area contributed by atoms with E-state index in [2.05, 4.69) is 34.4 Å². The summed E-state index contributed by atoms with van der Waals surface area (Å²) in [7, 11) is 0. The maximum atomic E-state index is 14.6. The number of aliphatic hydroxyl groups is 1. The molecule has 1 unspecified atom stereocenters. The van der Waals surface area contributed by atoms with Crippen LogP contribution in [-0.4, -0.2) is 82.0 Å². The monoisotopic (exact) mass is 741 g/mol. The number of hydrogen-bond acceptors (Lipinski definition) is 7. The van der Waals surface area contributed by atoms with E-state index in [9.17, 15) is 24.3 Å². The maximum absolute atomic E-state index is 14.6. The Morgan fingerprint density at radius 3 is 2.54 bits per heavy atom. The number of benzene rings is 2. The van der Waals surface area contributed by atoms with E-state index in [0.717, 1.165) is 0 Å². The third kappa shape index (κ3) is 6.83. The molecule has 2 bridgehead atoms. The van der Waals surface area contributed by atoms with Crippen molar-refractivity contribution in [1.29, 1.82) is 0 Å². The van der Waals surface area contributed by atoms with Crippen molar-refractivity contribution < 1.29 is 33.8 Å². The zero-order valence-electron chi connectivity index (χ0n) is 26.8. The third-order valence-electron chi connectivity index (χ3n) is 9.36. The molecular formula is C36H41BrClN3O7. The van der Waals surface area contributed by atoms with Crippen LogP contribution >= 0.6 is 27.5 Å². The van der Waals surface area contributed by atoms with Crippen molar-refractivity contribution in [3.63, 3.8) is 0 Å². The van der Waals surface area contributed by atoms with Gasteiger partial charge in [-0.3, -0.25) is 19.2 Å². The summed E-state index contributed by atoms with van der Waals surface area (Å²) in [4.78, 5) is 58.6. The second kappa shape index (κ2) is 15.4. The zero-order valence-corrected chi connectivity index (χ0v) is 29.1. The molecule has 48 heavy (non-hydrogen) atoms. The second-order valence-electron chi connectivity index (χ2n) is 12.4.